The van der Waals surface area contributed by atoms with Crippen molar-refractivity contribution in [2.75, 3.05) is 0 Å². The quantitative estimate of drug-likeness (QED) is 0.690. The van der Waals surface area contributed by atoms with Crippen molar-refractivity contribution in [1.82, 2.24) is 4.40 Å². The van der Waals surface area contributed by atoms with Gasteiger partial charge in [0.1, 0.15) is 0 Å². The normalized spacial score (nSPS) is 10.6. The van der Waals surface area contributed by atoms with Crippen molar-refractivity contribution in [2.24, 2.45) is 0 Å². The monoisotopic (exact) mass is 237 g/mol. The number of fused-ring (bicyclic) bond motifs is 1. The Hall–Kier alpha value is -1.09. The Morgan fingerprint density at radius 3 is 2.77 bits per heavy atom. The van der Waals surface area contributed by atoms with E-state index in [1.54, 1.807) is 10.5 Å². The van der Waals surface area contributed by atoms with Crippen molar-refractivity contribution < 1.29 is 0 Å². The summed E-state index contributed by atoms with van der Waals surface area (Å²) in [7, 11) is 0. The molecule has 0 fully saturated rings. The van der Waals surface area contributed by atoms with E-state index in [2.05, 4.69) is 15.9 Å². The molecular formula is C10H8BrNO. The second-order valence-electron chi connectivity index (χ2n) is 2.91. The molecule has 0 radical (unpaired) electrons. The Bertz CT molecular complexity index is 516. The summed E-state index contributed by atoms with van der Waals surface area (Å²) in [5.74, 6) is 0. The molecule has 13 heavy (non-hydrogen) atoms. The Morgan fingerprint density at radius 2 is 2.00 bits per heavy atom. The fourth-order valence-corrected chi connectivity index (χ4v) is 1.69. The molecule has 2 rings (SSSR count). The van der Waals surface area contributed by atoms with Gasteiger partial charge in [0.25, 0.3) is 5.56 Å². The summed E-state index contributed by atoms with van der Waals surface area (Å²) in [6.45, 7) is 1.92. The van der Waals surface area contributed by atoms with Crippen LogP contribution in [0.1, 0.15) is 5.69 Å². The van der Waals surface area contributed by atoms with Crippen LogP contribution in [0.2, 0.25) is 0 Å². The fourth-order valence-electron chi connectivity index (χ4n) is 1.38. The molecule has 0 unspecified atom stereocenters. The molecule has 0 spiro atoms. The molecule has 0 atom stereocenters. The molecule has 3 heteroatoms. The van der Waals surface area contributed by atoms with Crippen LogP contribution in [0.15, 0.2) is 39.6 Å². The van der Waals surface area contributed by atoms with Gasteiger partial charge in [0.15, 0.2) is 0 Å². The molecular weight excluding hydrogens is 230 g/mol. The topological polar surface area (TPSA) is 21.5 Å². The molecule has 0 N–H and O–H groups in total. The van der Waals surface area contributed by atoms with Crippen LogP contribution in [0.4, 0.5) is 0 Å². The molecule has 66 valence electrons. The van der Waals surface area contributed by atoms with Gasteiger partial charge in [0.05, 0.1) is 4.47 Å². The van der Waals surface area contributed by atoms with Gasteiger partial charge in [-0.15, -0.1) is 0 Å². The Labute approximate surface area is 84.0 Å². The minimum atomic E-state index is -0.00407. The van der Waals surface area contributed by atoms with E-state index >= 15 is 0 Å². The Kier molecular flexibility index (Phi) is 1.96. The fraction of sp³-hybridized carbons (Fsp3) is 0.100. The van der Waals surface area contributed by atoms with Crippen LogP contribution >= 0.6 is 15.9 Å². The third-order valence-corrected chi connectivity index (χ3v) is 2.63. The molecule has 0 saturated carbocycles. The summed E-state index contributed by atoms with van der Waals surface area (Å²) in [6.07, 6.45) is 0. The largest absolute Gasteiger partial charge is 0.281 e. The van der Waals surface area contributed by atoms with Gasteiger partial charge in [-0.05, 0) is 47.1 Å². The minimum absolute atomic E-state index is 0.00407. The van der Waals surface area contributed by atoms with Gasteiger partial charge in [0.2, 0.25) is 0 Å². The molecule has 2 aromatic rings. The SMILES string of the molecule is Cc1cccc2ccc(Br)c(=O)n12. The third-order valence-electron chi connectivity index (χ3n) is 2.02. The number of aryl methyl sites for hydroxylation is 1. The predicted octanol–water partition coefficient (Wildman–Crippen LogP) is 2.37. The molecule has 0 bridgehead atoms. The summed E-state index contributed by atoms with van der Waals surface area (Å²) >= 11 is 3.22. The number of aromatic nitrogens is 1. The molecule has 0 aromatic carbocycles. The maximum absolute atomic E-state index is 11.7. The van der Waals surface area contributed by atoms with Crippen LogP contribution in [-0.4, -0.2) is 4.40 Å². The van der Waals surface area contributed by atoms with Gasteiger partial charge >= 0.3 is 0 Å². The maximum Gasteiger partial charge on any atom is 0.269 e. The summed E-state index contributed by atoms with van der Waals surface area (Å²) < 4.78 is 2.28. The smallest absolute Gasteiger partial charge is 0.269 e. The summed E-state index contributed by atoms with van der Waals surface area (Å²) in [6, 6.07) is 9.47. The Morgan fingerprint density at radius 1 is 1.23 bits per heavy atom. The standard InChI is InChI=1S/C10H8BrNO/c1-7-3-2-4-8-5-6-9(11)10(13)12(7)8/h2-6H,1H3. The zero-order valence-electron chi connectivity index (χ0n) is 7.12. The second kappa shape index (κ2) is 3.00. The highest BCUT2D eigenvalue weighted by molar-refractivity contribution is 9.10. The molecule has 0 aliphatic heterocycles. The number of nitrogens with zero attached hydrogens (tertiary/aromatic N) is 1. The summed E-state index contributed by atoms with van der Waals surface area (Å²) in [5.41, 5.74) is 1.87. The first-order chi connectivity index (χ1) is 6.20. The van der Waals surface area contributed by atoms with Crippen molar-refractivity contribution >= 4 is 21.4 Å². The van der Waals surface area contributed by atoms with E-state index in [1.807, 2.05) is 31.2 Å². The molecule has 0 aliphatic rings. The first-order valence-electron chi connectivity index (χ1n) is 3.97. The lowest BCUT2D eigenvalue weighted by Gasteiger charge is -2.03. The van der Waals surface area contributed by atoms with Gasteiger partial charge in [0, 0.05) is 11.2 Å². The molecule has 2 aromatic heterocycles. The molecule has 2 heterocycles. The Balaban J connectivity index is 3.06. The van der Waals surface area contributed by atoms with E-state index in [0.717, 1.165) is 11.2 Å². The van der Waals surface area contributed by atoms with Crippen LogP contribution < -0.4 is 5.56 Å². The number of hydrogen-bond acceptors (Lipinski definition) is 1. The first kappa shape index (κ1) is 8.51. The summed E-state index contributed by atoms with van der Waals surface area (Å²) in [4.78, 5) is 11.7. The highest BCUT2D eigenvalue weighted by atomic mass is 79.9. The summed E-state index contributed by atoms with van der Waals surface area (Å²) in [5, 5.41) is 0. The average Bonchev–Trinajstić information content (AvgIpc) is 2.12. The predicted molar refractivity (Wildman–Crippen MR) is 56.1 cm³/mol. The second-order valence-corrected chi connectivity index (χ2v) is 3.77. The van der Waals surface area contributed by atoms with Crippen LogP contribution in [0.25, 0.3) is 5.52 Å². The van der Waals surface area contributed by atoms with Gasteiger partial charge < -0.3 is 0 Å². The zero-order chi connectivity index (χ0) is 9.42. The highest BCUT2D eigenvalue weighted by Crippen LogP contribution is 2.08. The minimum Gasteiger partial charge on any atom is -0.281 e. The molecule has 0 saturated heterocycles. The van der Waals surface area contributed by atoms with Crippen LogP contribution in [0.5, 0.6) is 0 Å². The van der Waals surface area contributed by atoms with E-state index in [1.165, 1.54) is 0 Å². The van der Waals surface area contributed by atoms with Gasteiger partial charge in [-0.25, -0.2) is 0 Å². The lowest BCUT2D eigenvalue weighted by Crippen LogP contribution is -2.15. The van der Waals surface area contributed by atoms with E-state index in [9.17, 15) is 4.79 Å². The van der Waals surface area contributed by atoms with Crippen molar-refractivity contribution in [2.45, 2.75) is 6.92 Å². The van der Waals surface area contributed by atoms with Gasteiger partial charge in [-0.2, -0.15) is 0 Å². The molecule has 2 nitrogen and oxygen atoms in total. The third kappa shape index (κ3) is 1.29. The van der Waals surface area contributed by atoms with Crippen LogP contribution in [0.3, 0.4) is 0 Å². The van der Waals surface area contributed by atoms with Gasteiger partial charge in [-0.1, -0.05) is 6.07 Å². The maximum atomic E-state index is 11.7. The van der Waals surface area contributed by atoms with Crippen LogP contribution in [0, 0.1) is 6.92 Å². The zero-order valence-corrected chi connectivity index (χ0v) is 8.71. The first-order valence-corrected chi connectivity index (χ1v) is 4.76. The lowest BCUT2D eigenvalue weighted by atomic mass is 10.3. The van der Waals surface area contributed by atoms with E-state index in [0.29, 0.717) is 4.47 Å². The van der Waals surface area contributed by atoms with E-state index in [4.69, 9.17) is 0 Å². The van der Waals surface area contributed by atoms with E-state index < -0.39 is 0 Å². The number of pyridine rings is 2. The van der Waals surface area contributed by atoms with Gasteiger partial charge in [-0.3, -0.25) is 9.20 Å². The van der Waals surface area contributed by atoms with Crippen molar-refractivity contribution in [3.05, 3.63) is 50.9 Å². The average molecular weight is 238 g/mol. The van der Waals surface area contributed by atoms with Crippen LogP contribution in [-0.2, 0) is 0 Å². The number of rotatable bonds is 0. The van der Waals surface area contributed by atoms with E-state index in [-0.39, 0.29) is 5.56 Å². The van der Waals surface area contributed by atoms with Crippen molar-refractivity contribution in [3.8, 4) is 0 Å². The number of hydrogen-bond donors (Lipinski definition) is 0. The molecule has 0 aliphatic carbocycles. The van der Waals surface area contributed by atoms with Crippen molar-refractivity contribution in [3.63, 3.8) is 0 Å². The number of halogens is 1. The molecule has 0 amide bonds. The lowest BCUT2D eigenvalue weighted by molar-refractivity contribution is 1.02. The highest BCUT2D eigenvalue weighted by Gasteiger charge is 2.01. The van der Waals surface area contributed by atoms with Crippen molar-refractivity contribution in [1.29, 1.82) is 0 Å².